The molecule has 4 nitrogen and oxygen atoms in total. The number of amides is 1. The Kier molecular flexibility index (Phi) is 6.24. The number of nitrogens with zero attached hydrogens (tertiary/aromatic N) is 1. The summed E-state index contributed by atoms with van der Waals surface area (Å²) in [5.41, 5.74) is 0. The third-order valence-corrected chi connectivity index (χ3v) is 4.20. The molecule has 1 heterocycles. The zero-order valence-corrected chi connectivity index (χ0v) is 13.2. The van der Waals surface area contributed by atoms with Gasteiger partial charge >= 0.3 is 5.97 Å². The number of carbonyl (C=O) groups is 2. The number of carbonyl (C=O) groups excluding carboxylic acids is 1. The van der Waals surface area contributed by atoms with Gasteiger partial charge in [-0.15, -0.1) is 11.3 Å². The normalized spacial score (nSPS) is 12.6. The predicted molar refractivity (Wildman–Crippen MR) is 80.2 cm³/mol. The van der Waals surface area contributed by atoms with Crippen LogP contribution in [-0.4, -0.2) is 34.5 Å². The van der Waals surface area contributed by atoms with Crippen LogP contribution in [0.2, 0.25) is 0 Å². The highest BCUT2D eigenvalue weighted by Gasteiger charge is 2.18. The molecule has 1 aromatic rings. The molecule has 19 heavy (non-hydrogen) atoms. The molecule has 1 aromatic heterocycles. The van der Waals surface area contributed by atoms with Crippen LogP contribution >= 0.6 is 27.3 Å². The van der Waals surface area contributed by atoms with Crippen molar-refractivity contribution >= 4 is 45.2 Å². The van der Waals surface area contributed by atoms with E-state index in [1.165, 1.54) is 17.4 Å². The van der Waals surface area contributed by atoms with Crippen LogP contribution in [0.5, 0.6) is 0 Å². The Bertz CT molecular complexity index is 484. The van der Waals surface area contributed by atoms with Gasteiger partial charge in [-0.2, -0.15) is 0 Å². The van der Waals surface area contributed by atoms with Gasteiger partial charge in [-0.25, -0.2) is 0 Å². The van der Waals surface area contributed by atoms with Gasteiger partial charge in [0.05, 0.1) is 10.2 Å². The highest BCUT2D eigenvalue weighted by Crippen LogP contribution is 2.23. The third kappa shape index (κ3) is 5.16. The van der Waals surface area contributed by atoms with Crippen LogP contribution in [0.3, 0.4) is 0 Å². The molecular weight excluding hydrogens is 330 g/mol. The van der Waals surface area contributed by atoms with Gasteiger partial charge in [0.1, 0.15) is 0 Å². The summed E-state index contributed by atoms with van der Waals surface area (Å²) in [6, 6.07) is 3.52. The minimum atomic E-state index is -0.898. The molecule has 0 saturated heterocycles. The topological polar surface area (TPSA) is 57.6 Å². The van der Waals surface area contributed by atoms with Gasteiger partial charge in [-0.1, -0.05) is 0 Å². The molecule has 0 saturated carbocycles. The quantitative estimate of drug-likeness (QED) is 0.805. The van der Waals surface area contributed by atoms with Crippen molar-refractivity contribution in [1.82, 2.24) is 4.90 Å². The highest BCUT2D eigenvalue weighted by atomic mass is 79.9. The standard InChI is InChI=1S/C13H16BrNO3S/c1-3-15(9(2)8-13(17)18)12(16)7-5-10-4-6-11(14)19-10/h4-7,9H,3,8H2,1-2H3,(H,17,18)/b7-5+. The van der Waals surface area contributed by atoms with Gasteiger partial charge in [0.15, 0.2) is 0 Å². The van der Waals surface area contributed by atoms with Crippen LogP contribution in [0, 0.1) is 0 Å². The van der Waals surface area contributed by atoms with Crippen LogP contribution in [0.25, 0.3) is 6.08 Å². The maximum Gasteiger partial charge on any atom is 0.305 e. The monoisotopic (exact) mass is 345 g/mol. The zero-order chi connectivity index (χ0) is 14.4. The molecule has 1 N–H and O–H groups in total. The SMILES string of the molecule is CCN(C(=O)/C=C/c1ccc(Br)s1)C(C)CC(=O)O. The number of rotatable bonds is 6. The molecule has 0 bridgehead atoms. The maximum atomic E-state index is 12.0. The molecule has 0 aliphatic heterocycles. The van der Waals surface area contributed by atoms with Gasteiger partial charge in [-0.3, -0.25) is 9.59 Å². The molecule has 0 fully saturated rings. The largest absolute Gasteiger partial charge is 0.481 e. The fourth-order valence-corrected chi connectivity index (χ4v) is 3.04. The van der Waals surface area contributed by atoms with E-state index in [2.05, 4.69) is 15.9 Å². The average molecular weight is 346 g/mol. The van der Waals surface area contributed by atoms with E-state index >= 15 is 0 Å². The molecular formula is C13H16BrNO3S. The Balaban J connectivity index is 2.68. The maximum absolute atomic E-state index is 12.0. The minimum absolute atomic E-state index is 0.0437. The van der Waals surface area contributed by atoms with Crippen molar-refractivity contribution in [3.63, 3.8) is 0 Å². The molecule has 0 aromatic carbocycles. The number of hydrogen-bond acceptors (Lipinski definition) is 3. The molecule has 1 unspecified atom stereocenters. The summed E-state index contributed by atoms with van der Waals surface area (Å²) < 4.78 is 1.01. The summed E-state index contributed by atoms with van der Waals surface area (Å²) in [5, 5.41) is 8.76. The van der Waals surface area contributed by atoms with Crippen LogP contribution in [0.15, 0.2) is 22.0 Å². The van der Waals surface area contributed by atoms with Gasteiger partial charge in [-0.05, 0) is 48.0 Å². The van der Waals surface area contributed by atoms with Crippen molar-refractivity contribution in [2.45, 2.75) is 26.3 Å². The first-order chi connectivity index (χ1) is 8.93. The Labute approximate surface area is 124 Å². The average Bonchev–Trinajstić information content (AvgIpc) is 2.72. The molecule has 0 aliphatic rings. The summed E-state index contributed by atoms with van der Waals surface area (Å²) >= 11 is 4.89. The fourth-order valence-electron chi connectivity index (χ4n) is 1.71. The lowest BCUT2D eigenvalue weighted by atomic mass is 10.2. The van der Waals surface area contributed by atoms with Crippen LogP contribution in [-0.2, 0) is 9.59 Å². The predicted octanol–water partition coefficient (Wildman–Crippen LogP) is 3.24. The van der Waals surface area contributed by atoms with E-state index < -0.39 is 5.97 Å². The number of carboxylic acids is 1. The first-order valence-electron chi connectivity index (χ1n) is 5.89. The second-order valence-electron chi connectivity index (χ2n) is 4.05. The minimum Gasteiger partial charge on any atom is -0.481 e. The van der Waals surface area contributed by atoms with Crippen LogP contribution in [0.4, 0.5) is 0 Å². The highest BCUT2D eigenvalue weighted by molar-refractivity contribution is 9.11. The molecule has 1 rings (SSSR count). The Morgan fingerprint density at radius 1 is 1.53 bits per heavy atom. The molecule has 0 aliphatic carbocycles. The second kappa shape index (κ2) is 7.45. The zero-order valence-electron chi connectivity index (χ0n) is 10.8. The van der Waals surface area contributed by atoms with Crippen molar-refractivity contribution < 1.29 is 14.7 Å². The number of carboxylic acid groups (broad SMARTS) is 1. The first kappa shape index (κ1) is 15.9. The number of likely N-dealkylation sites (N-methyl/N-ethyl adjacent to an activating group) is 1. The third-order valence-electron chi connectivity index (χ3n) is 2.61. The van der Waals surface area contributed by atoms with E-state index in [0.29, 0.717) is 6.54 Å². The van der Waals surface area contributed by atoms with E-state index in [-0.39, 0.29) is 18.4 Å². The van der Waals surface area contributed by atoms with Crippen molar-refractivity contribution in [2.24, 2.45) is 0 Å². The van der Waals surface area contributed by atoms with E-state index in [4.69, 9.17) is 5.11 Å². The van der Waals surface area contributed by atoms with Gasteiger partial charge in [0, 0.05) is 23.5 Å². The molecule has 0 spiro atoms. The second-order valence-corrected chi connectivity index (χ2v) is 6.54. The van der Waals surface area contributed by atoms with Gasteiger partial charge < -0.3 is 10.0 Å². The number of aliphatic carboxylic acids is 1. The lowest BCUT2D eigenvalue weighted by Crippen LogP contribution is -2.38. The van der Waals surface area contributed by atoms with Gasteiger partial charge in [0.2, 0.25) is 5.91 Å². The summed E-state index contributed by atoms with van der Waals surface area (Å²) in [5.74, 6) is -1.06. The van der Waals surface area contributed by atoms with E-state index in [9.17, 15) is 9.59 Å². The summed E-state index contributed by atoms with van der Waals surface area (Å²) in [4.78, 5) is 25.2. The van der Waals surface area contributed by atoms with E-state index in [1.807, 2.05) is 19.1 Å². The number of hydrogen-bond donors (Lipinski definition) is 1. The summed E-state index contributed by atoms with van der Waals surface area (Å²) in [6.07, 6.45) is 3.19. The van der Waals surface area contributed by atoms with Gasteiger partial charge in [0.25, 0.3) is 0 Å². The van der Waals surface area contributed by atoms with Crippen molar-refractivity contribution in [3.8, 4) is 0 Å². The Hall–Kier alpha value is -1.14. The van der Waals surface area contributed by atoms with E-state index in [1.54, 1.807) is 17.9 Å². The Morgan fingerprint density at radius 2 is 2.21 bits per heavy atom. The molecule has 104 valence electrons. The molecule has 0 radical (unpaired) electrons. The van der Waals surface area contributed by atoms with Crippen molar-refractivity contribution in [2.75, 3.05) is 6.54 Å². The lowest BCUT2D eigenvalue weighted by Gasteiger charge is -2.25. The van der Waals surface area contributed by atoms with Crippen LogP contribution in [0.1, 0.15) is 25.1 Å². The first-order valence-corrected chi connectivity index (χ1v) is 7.50. The number of thiophene rings is 1. The fraction of sp³-hybridized carbons (Fsp3) is 0.385. The van der Waals surface area contributed by atoms with E-state index in [0.717, 1.165) is 8.66 Å². The summed E-state index contributed by atoms with van der Waals surface area (Å²) in [6.45, 7) is 4.07. The van der Waals surface area contributed by atoms with Crippen LogP contribution < -0.4 is 0 Å². The molecule has 1 amide bonds. The van der Waals surface area contributed by atoms with Crippen molar-refractivity contribution in [3.05, 3.63) is 26.9 Å². The summed E-state index contributed by atoms with van der Waals surface area (Å²) in [7, 11) is 0. The number of halogens is 1. The van der Waals surface area contributed by atoms with Crippen molar-refractivity contribution in [1.29, 1.82) is 0 Å². The molecule has 1 atom stereocenters. The smallest absolute Gasteiger partial charge is 0.305 e. The lowest BCUT2D eigenvalue weighted by molar-refractivity contribution is -0.139. The Morgan fingerprint density at radius 3 is 2.68 bits per heavy atom. The molecule has 6 heteroatoms.